The van der Waals surface area contributed by atoms with Crippen LogP contribution in [0.2, 0.25) is 0 Å². The molecule has 3 aromatic heterocycles. The van der Waals surface area contributed by atoms with Gasteiger partial charge in [0.05, 0.1) is 30.5 Å². The van der Waals surface area contributed by atoms with E-state index in [1.807, 2.05) is 40.8 Å². The molecular formula is C26H27F4N7O. The van der Waals surface area contributed by atoms with E-state index in [2.05, 4.69) is 25.4 Å². The van der Waals surface area contributed by atoms with Gasteiger partial charge in [0.1, 0.15) is 29.7 Å². The molecule has 2 saturated heterocycles. The van der Waals surface area contributed by atoms with Gasteiger partial charge in [-0.25, -0.2) is 9.37 Å². The van der Waals surface area contributed by atoms with Gasteiger partial charge in [-0.1, -0.05) is 18.2 Å². The predicted molar refractivity (Wildman–Crippen MR) is 131 cm³/mol. The Morgan fingerprint density at radius 2 is 2.05 bits per heavy atom. The Labute approximate surface area is 216 Å². The maximum Gasteiger partial charge on any atom is 0.433 e. The molecule has 2 aliphatic heterocycles. The van der Waals surface area contributed by atoms with Crippen LogP contribution in [0.3, 0.4) is 0 Å². The molecule has 1 aromatic carbocycles. The number of aromatic amines is 1. The van der Waals surface area contributed by atoms with Crippen molar-refractivity contribution >= 4 is 10.9 Å². The van der Waals surface area contributed by atoms with Gasteiger partial charge in [-0.05, 0) is 31.0 Å². The molecule has 8 nitrogen and oxygen atoms in total. The number of nitrogens with one attached hydrogen (secondary N) is 1. The van der Waals surface area contributed by atoms with Gasteiger partial charge < -0.3 is 9.30 Å². The first-order valence-electron chi connectivity index (χ1n) is 12.5. The average molecular weight is 530 g/mol. The minimum absolute atomic E-state index is 0.166. The second kappa shape index (κ2) is 9.12. The SMILES string of the molecule is C[C@@H](c1nc(C(F)(F)F)cc2c(-c3cccc(C4(Cc5nncn5C)COC4)c3)n[nH]c12)N1CC[C@H](F)C1. The maximum atomic E-state index is 13.9. The van der Waals surface area contributed by atoms with E-state index >= 15 is 0 Å². The lowest BCUT2D eigenvalue weighted by molar-refractivity contribution is -0.141. The first-order chi connectivity index (χ1) is 18.1. The molecule has 4 aromatic rings. The first kappa shape index (κ1) is 24.9. The van der Waals surface area contributed by atoms with Crippen LogP contribution in [0.25, 0.3) is 22.2 Å². The summed E-state index contributed by atoms with van der Waals surface area (Å²) < 4.78 is 63.1. The number of pyridine rings is 1. The highest BCUT2D eigenvalue weighted by Crippen LogP contribution is 2.40. The van der Waals surface area contributed by atoms with Crippen molar-refractivity contribution in [2.75, 3.05) is 26.3 Å². The lowest BCUT2D eigenvalue weighted by atomic mass is 9.75. The molecule has 2 aliphatic rings. The number of nitrogens with zero attached hydrogens (tertiary/aromatic N) is 6. The van der Waals surface area contributed by atoms with Crippen molar-refractivity contribution in [3.63, 3.8) is 0 Å². The summed E-state index contributed by atoms with van der Waals surface area (Å²) in [5, 5.41) is 15.9. The number of benzene rings is 1. The molecule has 0 amide bonds. The van der Waals surface area contributed by atoms with Gasteiger partial charge in [0.2, 0.25) is 0 Å². The first-order valence-corrected chi connectivity index (χ1v) is 12.5. The summed E-state index contributed by atoms with van der Waals surface area (Å²) >= 11 is 0. The number of ether oxygens (including phenoxy) is 1. The van der Waals surface area contributed by atoms with Crippen molar-refractivity contribution in [3.05, 3.63) is 59.4 Å². The molecule has 0 radical (unpaired) electrons. The Morgan fingerprint density at radius 1 is 1.24 bits per heavy atom. The lowest BCUT2D eigenvalue weighted by Crippen LogP contribution is -2.49. The summed E-state index contributed by atoms with van der Waals surface area (Å²) in [7, 11) is 1.88. The van der Waals surface area contributed by atoms with E-state index in [0.717, 1.165) is 17.5 Å². The van der Waals surface area contributed by atoms with Gasteiger partial charge in [0, 0.05) is 42.9 Å². The molecule has 38 heavy (non-hydrogen) atoms. The Bertz CT molecular complexity index is 1480. The number of halogens is 4. The number of likely N-dealkylation sites (tertiary alicyclic amines) is 1. The highest BCUT2D eigenvalue weighted by atomic mass is 19.4. The highest BCUT2D eigenvalue weighted by molar-refractivity contribution is 5.94. The van der Waals surface area contributed by atoms with E-state index in [4.69, 9.17) is 4.74 Å². The van der Waals surface area contributed by atoms with Gasteiger partial charge in [-0.3, -0.25) is 10.00 Å². The molecule has 0 bridgehead atoms. The van der Waals surface area contributed by atoms with Crippen LogP contribution in [0.4, 0.5) is 17.6 Å². The van der Waals surface area contributed by atoms with Crippen LogP contribution in [-0.4, -0.2) is 67.3 Å². The van der Waals surface area contributed by atoms with Crippen molar-refractivity contribution in [1.29, 1.82) is 0 Å². The zero-order valence-electron chi connectivity index (χ0n) is 21.0. The van der Waals surface area contributed by atoms with E-state index < -0.39 is 24.1 Å². The van der Waals surface area contributed by atoms with E-state index in [1.54, 1.807) is 13.3 Å². The average Bonchev–Trinajstić information content (AvgIpc) is 3.59. The number of H-pyrrole nitrogens is 1. The van der Waals surface area contributed by atoms with Crippen molar-refractivity contribution < 1.29 is 22.3 Å². The molecule has 0 aliphatic carbocycles. The Kier molecular flexibility index (Phi) is 5.98. The number of fused-ring (bicyclic) bond motifs is 1. The molecule has 5 heterocycles. The highest BCUT2D eigenvalue weighted by Gasteiger charge is 2.42. The molecular weight excluding hydrogens is 502 g/mol. The summed E-state index contributed by atoms with van der Waals surface area (Å²) in [6.45, 7) is 3.38. The van der Waals surface area contributed by atoms with Gasteiger partial charge in [0.25, 0.3) is 0 Å². The van der Waals surface area contributed by atoms with E-state index in [-0.39, 0.29) is 17.7 Å². The molecule has 2 fully saturated rings. The van der Waals surface area contributed by atoms with Gasteiger partial charge in [-0.15, -0.1) is 10.2 Å². The normalized spacial score (nSPS) is 20.6. The summed E-state index contributed by atoms with van der Waals surface area (Å²) in [6.07, 6.45) is -3.02. The van der Waals surface area contributed by atoms with Gasteiger partial charge >= 0.3 is 6.18 Å². The minimum Gasteiger partial charge on any atom is -0.379 e. The smallest absolute Gasteiger partial charge is 0.379 e. The quantitative estimate of drug-likeness (QED) is 0.373. The molecule has 200 valence electrons. The molecule has 6 rings (SSSR count). The zero-order chi connectivity index (χ0) is 26.7. The van der Waals surface area contributed by atoms with Gasteiger partial charge in [-0.2, -0.15) is 18.3 Å². The largest absolute Gasteiger partial charge is 0.433 e. The van der Waals surface area contributed by atoms with Crippen LogP contribution in [0.1, 0.15) is 42.2 Å². The van der Waals surface area contributed by atoms with E-state index in [9.17, 15) is 17.6 Å². The predicted octanol–water partition coefficient (Wildman–Crippen LogP) is 4.39. The van der Waals surface area contributed by atoms with Crippen LogP contribution in [0.15, 0.2) is 36.7 Å². The van der Waals surface area contributed by atoms with E-state index in [1.165, 1.54) is 0 Å². The number of aromatic nitrogens is 6. The third-order valence-electron chi connectivity index (χ3n) is 7.78. The summed E-state index contributed by atoms with van der Waals surface area (Å²) in [5.74, 6) is 0.820. The Hall–Kier alpha value is -3.38. The zero-order valence-corrected chi connectivity index (χ0v) is 21.0. The Morgan fingerprint density at radius 3 is 2.68 bits per heavy atom. The fourth-order valence-electron chi connectivity index (χ4n) is 5.46. The number of alkyl halides is 4. The summed E-state index contributed by atoms with van der Waals surface area (Å²) in [4.78, 5) is 5.81. The second-order valence-electron chi connectivity index (χ2n) is 10.3. The summed E-state index contributed by atoms with van der Waals surface area (Å²) in [6, 6.07) is 8.19. The molecule has 0 spiro atoms. The fraction of sp³-hybridized carbons (Fsp3) is 0.462. The molecule has 2 atom stereocenters. The van der Waals surface area contributed by atoms with Crippen molar-refractivity contribution in [1.82, 2.24) is 34.8 Å². The van der Waals surface area contributed by atoms with Crippen LogP contribution in [0.5, 0.6) is 0 Å². The molecule has 12 heteroatoms. The lowest BCUT2D eigenvalue weighted by Gasteiger charge is -2.41. The topological polar surface area (TPSA) is 84.7 Å². The van der Waals surface area contributed by atoms with Crippen molar-refractivity contribution in [2.45, 2.75) is 43.6 Å². The molecule has 1 N–H and O–H groups in total. The fourth-order valence-corrected chi connectivity index (χ4v) is 5.46. The van der Waals surface area contributed by atoms with Crippen LogP contribution in [-0.2, 0) is 29.8 Å². The van der Waals surface area contributed by atoms with Gasteiger partial charge in [0.15, 0.2) is 0 Å². The number of rotatable bonds is 6. The number of aryl methyl sites for hydroxylation is 1. The standard InChI is InChI=1S/C26H27F4N7O/c1-15(37-7-6-18(27)11-37)22-24-19(9-20(32-22)26(28,29)30)23(34-35-24)16-4-3-5-17(8-16)25(12-38-13-25)10-21-33-31-14-36(21)2/h3-5,8-9,14-15,18H,6-7,10-13H2,1-2H3,(H,34,35)/t15-,18-/m0/s1. The Balaban J connectivity index is 1.43. The third kappa shape index (κ3) is 4.25. The summed E-state index contributed by atoms with van der Waals surface area (Å²) in [5.41, 5.74) is 1.40. The van der Waals surface area contributed by atoms with Crippen molar-refractivity contribution in [2.24, 2.45) is 7.05 Å². The van der Waals surface area contributed by atoms with Crippen LogP contribution >= 0.6 is 0 Å². The van der Waals surface area contributed by atoms with Crippen LogP contribution in [0, 0.1) is 0 Å². The number of hydrogen-bond acceptors (Lipinski definition) is 6. The second-order valence-corrected chi connectivity index (χ2v) is 10.3. The molecule has 0 saturated carbocycles. The maximum absolute atomic E-state index is 13.9. The minimum atomic E-state index is -4.64. The molecule has 0 unspecified atom stereocenters. The number of hydrogen-bond donors (Lipinski definition) is 1. The monoisotopic (exact) mass is 529 g/mol. The van der Waals surface area contributed by atoms with E-state index in [0.29, 0.717) is 54.8 Å². The van der Waals surface area contributed by atoms with Crippen molar-refractivity contribution in [3.8, 4) is 11.3 Å². The van der Waals surface area contributed by atoms with Crippen LogP contribution < -0.4 is 0 Å². The third-order valence-corrected chi connectivity index (χ3v) is 7.78.